The third kappa shape index (κ3) is 3.61. The highest BCUT2D eigenvalue weighted by atomic mass is 32.2. The lowest BCUT2D eigenvalue weighted by atomic mass is 10.0. The lowest BCUT2D eigenvalue weighted by Gasteiger charge is -2.26. The van der Waals surface area contributed by atoms with Crippen molar-refractivity contribution in [3.8, 4) is 0 Å². The van der Waals surface area contributed by atoms with Gasteiger partial charge in [-0.3, -0.25) is 4.79 Å². The van der Waals surface area contributed by atoms with Gasteiger partial charge in [-0.1, -0.05) is 36.4 Å². The molecular weight excluding hydrogens is 302 g/mol. The summed E-state index contributed by atoms with van der Waals surface area (Å²) in [5.41, 5.74) is 3.24. The van der Waals surface area contributed by atoms with E-state index < -0.39 is 0 Å². The van der Waals surface area contributed by atoms with Gasteiger partial charge < -0.3 is 4.90 Å². The van der Waals surface area contributed by atoms with E-state index in [9.17, 15) is 4.79 Å². The van der Waals surface area contributed by atoms with Gasteiger partial charge in [-0.05, 0) is 55.7 Å². The van der Waals surface area contributed by atoms with Gasteiger partial charge in [0.05, 0.1) is 0 Å². The van der Waals surface area contributed by atoms with Crippen LogP contribution in [0, 0.1) is 6.92 Å². The van der Waals surface area contributed by atoms with Crippen molar-refractivity contribution >= 4 is 17.7 Å². The van der Waals surface area contributed by atoms with E-state index in [-0.39, 0.29) is 5.91 Å². The van der Waals surface area contributed by atoms with Crippen molar-refractivity contribution in [1.29, 1.82) is 0 Å². The van der Waals surface area contributed by atoms with Gasteiger partial charge in [-0.25, -0.2) is 0 Å². The zero-order valence-electron chi connectivity index (χ0n) is 13.8. The van der Waals surface area contributed by atoms with Crippen LogP contribution >= 0.6 is 11.8 Å². The summed E-state index contributed by atoms with van der Waals surface area (Å²) in [6.45, 7) is 2.90. The van der Waals surface area contributed by atoms with Crippen LogP contribution in [-0.4, -0.2) is 29.6 Å². The van der Waals surface area contributed by atoms with Crippen molar-refractivity contribution in [2.75, 3.05) is 12.8 Å². The standard InChI is InChI=1S/C20H23NOS/c1-15-10-11-18(23-2)14-19(15)20(22)21-12-6-9-17(21)13-16-7-4-3-5-8-16/h3-5,7-8,10-11,14,17H,6,9,12-13H2,1-2H3. The van der Waals surface area contributed by atoms with E-state index in [0.717, 1.165) is 41.8 Å². The Morgan fingerprint density at radius 3 is 2.74 bits per heavy atom. The third-order valence-electron chi connectivity index (χ3n) is 4.63. The smallest absolute Gasteiger partial charge is 0.254 e. The molecule has 2 aromatic rings. The van der Waals surface area contributed by atoms with E-state index in [2.05, 4.69) is 41.3 Å². The van der Waals surface area contributed by atoms with Crippen LogP contribution in [0.5, 0.6) is 0 Å². The molecule has 3 rings (SSSR count). The summed E-state index contributed by atoms with van der Waals surface area (Å²) in [5.74, 6) is 0.192. The minimum absolute atomic E-state index is 0.192. The number of aryl methyl sites for hydroxylation is 1. The molecule has 1 saturated heterocycles. The number of carbonyl (C=O) groups excluding carboxylic acids is 1. The molecule has 1 unspecified atom stereocenters. The van der Waals surface area contributed by atoms with E-state index in [1.54, 1.807) is 11.8 Å². The highest BCUT2D eigenvalue weighted by Gasteiger charge is 2.30. The quantitative estimate of drug-likeness (QED) is 0.768. The van der Waals surface area contributed by atoms with Crippen LogP contribution in [0.1, 0.15) is 34.3 Å². The second kappa shape index (κ2) is 7.22. The Kier molecular flexibility index (Phi) is 5.06. The molecule has 0 aliphatic carbocycles. The van der Waals surface area contributed by atoms with Crippen LogP contribution < -0.4 is 0 Å². The normalized spacial score (nSPS) is 17.5. The Balaban J connectivity index is 1.81. The van der Waals surface area contributed by atoms with Gasteiger partial charge in [-0.15, -0.1) is 11.8 Å². The first-order valence-electron chi connectivity index (χ1n) is 8.18. The second-order valence-corrected chi connectivity index (χ2v) is 7.04. The van der Waals surface area contributed by atoms with Gasteiger partial charge in [0.25, 0.3) is 5.91 Å². The molecule has 0 spiro atoms. The first-order chi connectivity index (χ1) is 11.2. The Labute approximate surface area is 142 Å². The van der Waals surface area contributed by atoms with Gasteiger partial charge in [0.1, 0.15) is 0 Å². The van der Waals surface area contributed by atoms with Gasteiger partial charge in [0.15, 0.2) is 0 Å². The molecule has 0 radical (unpaired) electrons. The molecule has 0 aromatic heterocycles. The number of likely N-dealkylation sites (tertiary alicyclic amines) is 1. The summed E-state index contributed by atoms with van der Waals surface area (Å²) in [5, 5.41) is 0. The summed E-state index contributed by atoms with van der Waals surface area (Å²) >= 11 is 1.68. The lowest BCUT2D eigenvalue weighted by molar-refractivity contribution is 0.0735. The number of amides is 1. The number of benzene rings is 2. The van der Waals surface area contributed by atoms with E-state index in [1.807, 2.05) is 25.3 Å². The zero-order valence-corrected chi connectivity index (χ0v) is 14.6. The summed E-state index contributed by atoms with van der Waals surface area (Å²) in [7, 11) is 0. The molecule has 3 heteroatoms. The average molecular weight is 325 g/mol. The maximum absolute atomic E-state index is 13.1. The predicted octanol–water partition coefficient (Wildman–Crippen LogP) is 4.56. The summed E-state index contributed by atoms with van der Waals surface area (Å²) in [6.07, 6.45) is 5.20. The molecule has 1 atom stereocenters. The first kappa shape index (κ1) is 16.1. The number of hydrogen-bond donors (Lipinski definition) is 0. The molecule has 1 fully saturated rings. The first-order valence-corrected chi connectivity index (χ1v) is 9.41. The van der Waals surface area contributed by atoms with Gasteiger partial charge in [0, 0.05) is 23.0 Å². The minimum atomic E-state index is 0.192. The Morgan fingerprint density at radius 1 is 1.22 bits per heavy atom. The van der Waals surface area contributed by atoms with Crippen molar-refractivity contribution < 1.29 is 4.79 Å². The number of nitrogens with zero attached hydrogens (tertiary/aromatic N) is 1. The molecule has 23 heavy (non-hydrogen) atoms. The molecule has 120 valence electrons. The van der Waals surface area contributed by atoms with Crippen molar-refractivity contribution in [2.24, 2.45) is 0 Å². The average Bonchev–Trinajstić information content (AvgIpc) is 3.04. The molecule has 0 saturated carbocycles. The summed E-state index contributed by atoms with van der Waals surface area (Å²) in [6, 6.07) is 17.0. The predicted molar refractivity (Wildman–Crippen MR) is 97.2 cm³/mol. The van der Waals surface area contributed by atoms with Crippen LogP contribution in [-0.2, 0) is 6.42 Å². The number of hydrogen-bond acceptors (Lipinski definition) is 2. The second-order valence-electron chi connectivity index (χ2n) is 6.17. The molecule has 1 amide bonds. The van der Waals surface area contributed by atoms with Crippen molar-refractivity contribution in [3.05, 3.63) is 65.2 Å². The molecule has 0 N–H and O–H groups in total. The third-order valence-corrected chi connectivity index (χ3v) is 5.35. The lowest BCUT2D eigenvalue weighted by Crippen LogP contribution is -2.37. The van der Waals surface area contributed by atoms with Crippen LogP contribution in [0.15, 0.2) is 53.4 Å². The fourth-order valence-corrected chi connectivity index (χ4v) is 3.75. The molecule has 0 bridgehead atoms. The molecular formula is C20H23NOS. The van der Waals surface area contributed by atoms with Crippen LogP contribution in [0.25, 0.3) is 0 Å². The number of thioether (sulfide) groups is 1. The van der Waals surface area contributed by atoms with Crippen molar-refractivity contribution in [3.63, 3.8) is 0 Å². The molecule has 2 aromatic carbocycles. The maximum Gasteiger partial charge on any atom is 0.254 e. The van der Waals surface area contributed by atoms with E-state index in [4.69, 9.17) is 0 Å². The summed E-state index contributed by atoms with van der Waals surface area (Å²) in [4.78, 5) is 16.3. The molecule has 2 nitrogen and oxygen atoms in total. The maximum atomic E-state index is 13.1. The van der Waals surface area contributed by atoms with Gasteiger partial charge in [-0.2, -0.15) is 0 Å². The van der Waals surface area contributed by atoms with Crippen LogP contribution in [0.3, 0.4) is 0 Å². The van der Waals surface area contributed by atoms with Crippen LogP contribution in [0.4, 0.5) is 0 Å². The Morgan fingerprint density at radius 2 is 2.00 bits per heavy atom. The van der Waals surface area contributed by atoms with Crippen molar-refractivity contribution in [2.45, 2.75) is 37.1 Å². The van der Waals surface area contributed by atoms with Crippen LogP contribution in [0.2, 0.25) is 0 Å². The minimum Gasteiger partial charge on any atom is -0.335 e. The highest BCUT2D eigenvalue weighted by molar-refractivity contribution is 7.98. The Hall–Kier alpha value is -1.74. The van der Waals surface area contributed by atoms with E-state index in [1.165, 1.54) is 5.56 Å². The van der Waals surface area contributed by atoms with Gasteiger partial charge in [0.2, 0.25) is 0 Å². The summed E-state index contributed by atoms with van der Waals surface area (Å²) < 4.78 is 0. The van der Waals surface area contributed by atoms with E-state index >= 15 is 0 Å². The Bertz CT molecular complexity index is 683. The molecule has 1 aliphatic rings. The zero-order chi connectivity index (χ0) is 16.2. The molecule has 1 aliphatic heterocycles. The number of carbonyl (C=O) groups is 1. The topological polar surface area (TPSA) is 20.3 Å². The van der Waals surface area contributed by atoms with E-state index in [0.29, 0.717) is 6.04 Å². The van der Waals surface area contributed by atoms with Gasteiger partial charge >= 0.3 is 0 Å². The molecule has 1 heterocycles. The largest absolute Gasteiger partial charge is 0.335 e. The highest BCUT2D eigenvalue weighted by Crippen LogP contribution is 2.26. The fraction of sp³-hybridized carbons (Fsp3) is 0.350. The van der Waals surface area contributed by atoms with Crippen molar-refractivity contribution in [1.82, 2.24) is 4.90 Å². The number of rotatable bonds is 4. The monoisotopic (exact) mass is 325 g/mol. The fourth-order valence-electron chi connectivity index (χ4n) is 3.31. The SMILES string of the molecule is CSc1ccc(C)c(C(=O)N2CCCC2Cc2ccccc2)c1.